The van der Waals surface area contributed by atoms with Crippen molar-refractivity contribution < 1.29 is 0 Å². The van der Waals surface area contributed by atoms with Gasteiger partial charge in [-0.2, -0.15) is 0 Å². The Morgan fingerprint density at radius 2 is 2.06 bits per heavy atom. The van der Waals surface area contributed by atoms with Gasteiger partial charge in [-0.15, -0.1) is 0 Å². The molecule has 1 unspecified atom stereocenters. The minimum absolute atomic E-state index is 0.0592. The predicted octanol–water partition coefficient (Wildman–Crippen LogP) is 1.21. The van der Waals surface area contributed by atoms with Gasteiger partial charge in [0.2, 0.25) is 0 Å². The van der Waals surface area contributed by atoms with Crippen molar-refractivity contribution in [2.45, 2.75) is 39.8 Å². The fourth-order valence-electron chi connectivity index (χ4n) is 1.70. The lowest BCUT2D eigenvalue weighted by molar-refractivity contribution is 0.352. The molecule has 0 spiro atoms. The number of aromatic nitrogens is 2. The summed E-state index contributed by atoms with van der Waals surface area (Å²) in [6, 6.07) is 0.361. The van der Waals surface area contributed by atoms with Gasteiger partial charge in [-0.1, -0.05) is 20.8 Å². The Morgan fingerprint density at radius 3 is 2.50 bits per heavy atom. The second-order valence-electron chi connectivity index (χ2n) is 4.65. The molecule has 0 radical (unpaired) electrons. The van der Waals surface area contributed by atoms with Crippen molar-refractivity contribution in [3.8, 4) is 0 Å². The Balaban J connectivity index is 2.68. The number of aryl methyl sites for hydroxylation is 1. The van der Waals surface area contributed by atoms with Crippen molar-refractivity contribution in [3.05, 3.63) is 22.9 Å². The molecule has 16 heavy (non-hydrogen) atoms. The molecule has 0 aliphatic heterocycles. The maximum absolute atomic E-state index is 11.7. The SMILES string of the molecule is CCCNC(Cn1ccn(C)c1=O)C(C)C. The summed E-state index contributed by atoms with van der Waals surface area (Å²) < 4.78 is 3.38. The molecule has 1 rings (SSSR count). The Kier molecular flexibility index (Phi) is 4.80. The summed E-state index contributed by atoms with van der Waals surface area (Å²) in [5.41, 5.74) is 0.0592. The van der Waals surface area contributed by atoms with Crippen LogP contribution in [0.1, 0.15) is 27.2 Å². The highest BCUT2D eigenvalue weighted by Crippen LogP contribution is 2.03. The first-order valence-corrected chi connectivity index (χ1v) is 6.01. The molecule has 0 saturated heterocycles. The standard InChI is InChI=1S/C12H23N3O/c1-5-6-13-11(10(2)3)9-15-8-7-14(4)12(15)16/h7-8,10-11,13H,5-6,9H2,1-4H3. The molecule has 92 valence electrons. The highest BCUT2D eigenvalue weighted by Gasteiger charge is 2.14. The van der Waals surface area contributed by atoms with Crippen LogP contribution in [0.2, 0.25) is 0 Å². The maximum atomic E-state index is 11.7. The molecule has 0 aromatic carbocycles. The van der Waals surface area contributed by atoms with Gasteiger partial charge in [0.1, 0.15) is 0 Å². The summed E-state index contributed by atoms with van der Waals surface area (Å²) in [7, 11) is 1.78. The lowest BCUT2D eigenvalue weighted by atomic mass is 10.0. The molecule has 0 bridgehead atoms. The molecule has 0 aliphatic carbocycles. The Labute approximate surface area is 97.3 Å². The molecule has 1 N–H and O–H groups in total. The normalized spacial score (nSPS) is 13.3. The highest BCUT2D eigenvalue weighted by molar-refractivity contribution is 4.83. The van der Waals surface area contributed by atoms with Gasteiger partial charge >= 0.3 is 5.69 Å². The van der Waals surface area contributed by atoms with Crippen molar-refractivity contribution >= 4 is 0 Å². The fraction of sp³-hybridized carbons (Fsp3) is 0.750. The van der Waals surface area contributed by atoms with Crippen LogP contribution in [0.3, 0.4) is 0 Å². The van der Waals surface area contributed by atoms with Crippen LogP contribution in [0.15, 0.2) is 17.2 Å². The van der Waals surface area contributed by atoms with Crippen molar-refractivity contribution in [1.29, 1.82) is 0 Å². The van der Waals surface area contributed by atoms with Crippen molar-refractivity contribution in [3.63, 3.8) is 0 Å². The van der Waals surface area contributed by atoms with Gasteiger partial charge in [-0.3, -0.25) is 4.57 Å². The molecule has 1 atom stereocenters. The number of hydrogen-bond donors (Lipinski definition) is 1. The maximum Gasteiger partial charge on any atom is 0.327 e. The van der Waals surface area contributed by atoms with E-state index in [0.29, 0.717) is 12.0 Å². The van der Waals surface area contributed by atoms with Crippen LogP contribution >= 0.6 is 0 Å². The molecule has 1 heterocycles. The Bertz CT molecular complexity index is 365. The van der Waals surface area contributed by atoms with E-state index in [9.17, 15) is 4.79 Å². The zero-order valence-corrected chi connectivity index (χ0v) is 10.7. The van der Waals surface area contributed by atoms with Crippen LogP contribution in [0.25, 0.3) is 0 Å². The van der Waals surface area contributed by atoms with Gasteiger partial charge in [-0.05, 0) is 18.9 Å². The summed E-state index contributed by atoms with van der Waals surface area (Å²) >= 11 is 0. The first-order valence-electron chi connectivity index (χ1n) is 6.01. The van der Waals surface area contributed by atoms with Crippen LogP contribution in [0.5, 0.6) is 0 Å². The Morgan fingerprint density at radius 1 is 1.38 bits per heavy atom. The number of hydrogen-bond acceptors (Lipinski definition) is 2. The summed E-state index contributed by atoms with van der Waals surface area (Å²) in [5, 5.41) is 3.48. The second-order valence-corrected chi connectivity index (χ2v) is 4.65. The van der Waals surface area contributed by atoms with Crippen LogP contribution in [0.4, 0.5) is 0 Å². The highest BCUT2D eigenvalue weighted by atomic mass is 16.1. The number of imidazole rings is 1. The van der Waals surface area contributed by atoms with E-state index in [1.165, 1.54) is 0 Å². The van der Waals surface area contributed by atoms with E-state index in [4.69, 9.17) is 0 Å². The number of rotatable bonds is 6. The average molecular weight is 225 g/mol. The molecule has 4 nitrogen and oxygen atoms in total. The molecule has 1 aromatic heterocycles. The molecular formula is C12H23N3O. The van der Waals surface area contributed by atoms with Crippen LogP contribution in [-0.4, -0.2) is 21.7 Å². The van der Waals surface area contributed by atoms with Crippen LogP contribution in [-0.2, 0) is 13.6 Å². The van der Waals surface area contributed by atoms with Crippen molar-refractivity contribution in [2.75, 3.05) is 6.54 Å². The van der Waals surface area contributed by atoms with E-state index in [2.05, 4.69) is 26.1 Å². The largest absolute Gasteiger partial charge is 0.327 e. The molecular weight excluding hydrogens is 202 g/mol. The third-order valence-corrected chi connectivity index (χ3v) is 2.87. The monoisotopic (exact) mass is 225 g/mol. The van der Waals surface area contributed by atoms with Crippen molar-refractivity contribution in [1.82, 2.24) is 14.5 Å². The summed E-state index contributed by atoms with van der Waals surface area (Å²) in [4.78, 5) is 11.7. The lowest BCUT2D eigenvalue weighted by Gasteiger charge is -2.22. The summed E-state index contributed by atoms with van der Waals surface area (Å²) in [6.07, 6.45) is 4.78. The third kappa shape index (κ3) is 3.23. The number of nitrogens with zero attached hydrogens (tertiary/aromatic N) is 2. The van der Waals surface area contributed by atoms with E-state index in [1.807, 2.05) is 6.20 Å². The number of nitrogens with one attached hydrogen (secondary N) is 1. The molecule has 1 aromatic rings. The minimum Gasteiger partial charge on any atom is -0.312 e. The van der Waals surface area contributed by atoms with Crippen molar-refractivity contribution in [2.24, 2.45) is 13.0 Å². The molecule has 0 amide bonds. The van der Waals surface area contributed by atoms with Gasteiger partial charge in [0.05, 0.1) is 0 Å². The van der Waals surface area contributed by atoms with Gasteiger partial charge in [0.25, 0.3) is 0 Å². The molecule has 0 aliphatic rings. The molecule has 0 fully saturated rings. The van der Waals surface area contributed by atoms with Gasteiger partial charge in [-0.25, -0.2) is 4.79 Å². The minimum atomic E-state index is 0.0592. The molecule has 4 heteroatoms. The van der Waals surface area contributed by atoms with E-state index in [0.717, 1.165) is 19.5 Å². The van der Waals surface area contributed by atoms with Gasteiger partial charge < -0.3 is 9.88 Å². The smallest absolute Gasteiger partial charge is 0.312 e. The van der Waals surface area contributed by atoms with E-state index >= 15 is 0 Å². The first kappa shape index (κ1) is 13.0. The molecule has 0 saturated carbocycles. The van der Waals surface area contributed by atoms with Gasteiger partial charge in [0, 0.05) is 32.0 Å². The van der Waals surface area contributed by atoms with E-state index < -0.39 is 0 Å². The van der Waals surface area contributed by atoms with E-state index in [-0.39, 0.29) is 5.69 Å². The summed E-state index contributed by atoms with van der Waals surface area (Å²) in [6.45, 7) is 8.27. The fourth-order valence-corrected chi connectivity index (χ4v) is 1.70. The topological polar surface area (TPSA) is 39.0 Å². The third-order valence-electron chi connectivity index (χ3n) is 2.87. The first-order chi connectivity index (χ1) is 7.56. The zero-order valence-electron chi connectivity index (χ0n) is 10.7. The Hall–Kier alpha value is -1.03. The average Bonchev–Trinajstić information content (AvgIpc) is 2.55. The quantitative estimate of drug-likeness (QED) is 0.790. The zero-order chi connectivity index (χ0) is 12.1. The second kappa shape index (κ2) is 5.89. The van der Waals surface area contributed by atoms with Gasteiger partial charge in [0.15, 0.2) is 0 Å². The van der Waals surface area contributed by atoms with Crippen LogP contribution < -0.4 is 11.0 Å². The summed E-state index contributed by atoms with van der Waals surface area (Å²) in [5.74, 6) is 0.527. The van der Waals surface area contributed by atoms with E-state index in [1.54, 1.807) is 22.4 Å². The predicted molar refractivity (Wildman–Crippen MR) is 66.6 cm³/mol. The van der Waals surface area contributed by atoms with Crippen LogP contribution in [0, 0.1) is 5.92 Å². The lowest BCUT2D eigenvalue weighted by Crippen LogP contribution is -2.40.